The van der Waals surface area contributed by atoms with E-state index in [2.05, 4.69) is 4.90 Å². The van der Waals surface area contributed by atoms with Crippen molar-refractivity contribution in [1.29, 1.82) is 0 Å². The summed E-state index contributed by atoms with van der Waals surface area (Å²) >= 11 is 0. The number of anilines is 2. The summed E-state index contributed by atoms with van der Waals surface area (Å²) in [6.45, 7) is 5.49. The van der Waals surface area contributed by atoms with Gasteiger partial charge in [-0.15, -0.1) is 0 Å². The Bertz CT molecular complexity index is 421. The number of nitrogens with two attached hydrogens (primary N) is 1. The Kier molecular flexibility index (Phi) is 4.97. The fourth-order valence-corrected chi connectivity index (χ4v) is 2.00. The van der Waals surface area contributed by atoms with Crippen molar-refractivity contribution in [3.8, 4) is 0 Å². The number of ether oxygens (including phenoxy) is 1. The smallest absolute Gasteiger partial charge is 0.337 e. The van der Waals surface area contributed by atoms with Crippen molar-refractivity contribution in [3.05, 3.63) is 23.8 Å². The third kappa shape index (κ3) is 3.13. The average Bonchev–Trinajstić information content (AvgIpc) is 2.29. The average molecular weight is 252 g/mol. The minimum absolute atomic E-state index is 0.134. The maximum Gasteiger partial charge on any atom is 0.337 e. The van der Waals surface area contributed by atoms with Gasteiger partial charge in [0.05, 0.1) is 12.2 Å². The van der Waals surface area contributed by atoms with Gasteiger partial charge in [0.2, 0.25) is 0 Å². The molecule has 5 heteroatoms. The van der Waals surface area contributed by atoms with Crippen LogP contribution in [0.25, 0.3) is 0 Å². The molecular formula is C13H20N2O3. The van der Waals surface area contributed by atoms with Crippen LogP contribution < -0.4 is 10.6 Å². The van der Waals surface area contributed by atoms with E-state index in [0.29, 0.717) is 6.61 Å². The SMILES string of the molecule is CCN(c1ccc(C(=O)O)c(N)c1)C(C)COC. The number of carboxylic acid groups (broad SMARTS) is 1. The van der Waals surface area contributed by atoms with Crippen molar-refractivity contribution in [3.63, 3.8) is 0 Å². The molecule has 18 heavy (non-hydrogen) atoms. The molecule has 0 radical (unpaired) electrons. The molecule has 0 spiro atoms. The quantitative estimate of drug-likeness (QED) is 0.755. The van der Waals surface area contributed by atoms with E-state index in [9.17, 15) is 4.79 Å². The molecule has 0 heterocycles. The Morgan fingerprint density at radius 3 is 2.67 bits per heavy atom. The van der Waals surface area contributed by atoms with Gasteiger partial charge in [-0.05, 0) is 32.0 Å². The van der Waals surface area contributed by atoms with Gasteiger partial charge in [-0.25, -0.2) is 4.79 Å². The van der Waals surface area contributed by atoms with Gasteiger partial charge in [0.1, 0.15) is 0 Å². The van der Waals surface area contributed by atoms with Gasteiger partial charge >= 0.3 is 5.97 Å². The lowest BCUT2D eigenvalue weighted by atomic mass is 10.1. The van der Waals surface area contributed by atoms with E-state index < -0.39 is 5.97 Å². The standard InChI is InChI=1S/C13H20N2O3/c1-4-15(9(2)8-18-3)10-5-6-11(13(16)17)12(14)7-10/h5-7,9H,4,8,14H2,1-3H3,(H,16,17). The Morgan fingerprint density at radius 2 is 2.22 bits per heavy atom. The molecule has 0 aliphatic heterocycles. The first-order valence-corrected chi connectivity index (χ1v) is 5.89. The molecule has 0 saturated carbocycles. The van der Waals surface area contributed by atoms with Crippen molar-refractivity contribution in [1.82, 2.24) is 0 Å². The maximum atomic E-state index is 10.9. The Morgan fingerprint density at radius 1 is 1.56 bits per heavy atom. The Balaban J connectivity index is 3.01. The molecule has 0 fully saturated rings. The molecule has 0 bridgehead atoms. The highest BCUT2D eigenvalue weighted by molar-refractivity contribution is 5.94. The third-order valence-electron chi connectivity index (χ3n) is 2.88. The van der Waals surface area contributed by atoms with Crippen LogP contribution in [-0.2, 0) is 4.74 Å². The topological polar surface area (TPSA) is 75.8 Å². The highest BCUT2D eigenvalue weighted by atomic mass is 16.5. The van der Waals surface area contributed by atoms with Crippen LogP contribution in [0.2, 0.25) is 0 Å². The fourth-order valence-electron chi connectivity index (χ4n) is 2.00. The summed E-state index contributed by atoms with van der Waals surface area (Å²) in [4.78, 5) is 13.0. The first-order chi connectivity index (χ1) is 8.51. The second kappa shape index (κ2) is 6.26. The van der Waals surface area contributed by atoms with E-state index in [1.165, 1.54) is 6.07 Å². The van der Waals surface area contributed by atoms with Crippen LogP contribution in [-0.4, -0.2) is 37.4 Å². The van der Waals surface area contributed by atoms with Crippen molar-refractivity contribution in [2.24, 2.45) is 0 Å². The van der Waals surface area contributed by atoms with Crippen molar-refractivity contribution >= 4 is 17.3 Å². The maximum absolute atomic E-state index is 10.9. The lowest BCUT2D eigenvalue weighted by molar-refractivity contribution is 0.0698. The van der Waals surface area contributed by atoms with Gasteiger partial charge < -0.3 is 20.5 Å². The second-order valence-electron chi connectivity index (χ2n) is 4.17. The van der Waals surface area contributed by atoms with Gasteiger partial charge in [0.15, 0.2) is 0 Å². The molecule has 0 aromatic heterocycles. The molecule has 1 unspecified atom stereocenters. The van der Waals surface area contributed by atoms with E-state index in [-0.39, 0.29) is 17.3 Å². The predicted molar refractivity (Wildman–Crippen MR) is 72.2 cm³/mol. The summed E-state index contributed by atoms with van der Waals surface area (Å²) in [5.74, 6) is -1.01. The minimum atomic E-state index is -1.01. The molecule has 1 aromatic rings. The number of benzene rings is 1. The van der Waals surface area contributed by atoms with Crippen LogP contribution in [0.3, 0.4) is 0 Å². The number of nitrogens with zero attached hydrogens (tertiary/aromatic N) is 1. The molecule has 1 aromatic carbocycles. The second-order valence-corrected chi connectivity index (χ2v) is 4.17. The molecule has 1 atom stereocenters. The number of methoxy groups -OCH3 is 1. The number of rotatable bonds is 6. The molecule has 0 aliphatic rings. The number of aromatic carboxylic acids is 1. The lowest BCUT2D eigenvalue weighted by Crippen LogP contribution is -2.36. The number of nitrogen functional groups attached to an aromatic ring is 1. The zero-order valence-corrected chi connectivity index (χ0v) is 11.0. The summed E-state index contributed by atoms with van der Waals surface area (Å²) in [6, 6.07) is 5.21. The first-order valence-electron chi connectivity index (χ1n) is 5.89. The van der Waals surface area contributed by atoms with Gasteiger partial charge in [-0.3, -0.25) is 0 Å². The molecular weight excluding hydrogens is 232 g/mol. The molecule has 0 amide bonds. The van der Waals surface area contributed by atoms with E-state index in [0.717, 1.165) is 12.2 Å². The van der Waals surface area contributed by atoms with Crippen LogP contribution in [0.1, 0.15) is 24.2 Å². The molecule has 1 rings (SSSR count). The lowest BCUT2D eigenvalue weighted by Gasteiger charge is -2.30. The zero-order chi connectivity index (χ0) is 13.7. The fraction of sp³-hybridized carbons (Fsp3) is 0.462. The highest BCUT2D eigenvalue weighted by Gasteiger charge is 2.15. The van der Waals surface area contributed by atoms with Crippen LogP contribution in [0, 0.1) is 0 Å². The molecule has 0 saturated heterocycles. The number of carboxylic acids is 1. The van der Waals surface area contributed by atoms with E-state index >= 15 is 0 Å². The summed E-state index contributed by atoms with van der Waals surface area (Å²) < 4.78 is 5.13. The van der Waals surface area contributed by atoms with Crippen LogP contribution in [0.4, 0.5) is 11.4 Å². The van der Waals surface area contributed by atoms with Gasteiger partial charge in [0.25, 0.3) is 0 Å². The molecule has 5 nitrogen and oxygen atoms in total. The molecule has 3 N–H and O–H groups in total. The van der Waals surface area contributed by atoms with Crippen molar-refractivity contribution in [2.45, 2.75) is 19.9 Å². The largest absolute Gasteiger partial charge is 0.478 e. The minimum Gasteiger partial charge on any atom is -0.478 e. The number of likely N-dealkylation sites (N-methyl/N-ethyl adjacent to an activating group) is 1. The highest BCUT2D eigenvalue weighted by Crippen LogP contribution is 2.23. The Labute approximate surface area is 107 Å². The van der Waals surface area contributed by atoms with Crippen LogP contribution >= 0.6 is 0 Å². The summed E-state index contributed by atoms with van der Waals surface area (Å²) in [6.07, 6.45) is 0. The number of carbonyl (C=O) groups is 1. The summed E-state index contributed by atoms with van der Waals surface area (Å²) in [7, 11) is 1.66. The van der Waals surface area contributed by atoms with Gasteiger partial charge in [-0.1, -0.05) is 0 Å². The summed E-state index contributed by atoms with van der Waals surface area (Å²) in [5, 5.41) is 8.93. The molecule has 0 aliphatic carbocycles. The third-order valence-corrected chi connectivity index (χ3v) is 2.88. The molecule has 100 valence electrons. The van der Waals surface area contributed by atoms with Gasteiger partial charge in [-0.2, -0.15) is 0 Å². The Hall–Kier alpha value is -1.75. The first kappa shape index (κ1) is 14.3. The zero-order valence-electron chi connectivity index (χ0n) is 11.0. The van der Waals surface area contributed by atoms with Crippen molar-refractivity contribution < 1.29 is 14.6 Å². The predicted octanol–water partition coefficient (Wildman–Crippen LogP) is 1.83. The van der Waals surface area contributed by atoms with Crippen molar-refractivity contribution in [2.75, 3.05) is 30.9 Å². The van der Waals surface area contributed by atoms with Crippen LogP contribution in [0.5, 0.6) is 0 Å². The monoisotopic (exact) mass is 252 g/mol. The van der Waals surface area contributed by atoms with Crippen LogP contribution in [0.15, 0.2) is 18.2 Å². The van der Waals surface area contributed by atoms with Gasteiger partial charge in [0, 0.05) is 31.1 Å². The van der Waals surface area contributed by atoms with E-state index in [4.69, 9.17) is 15.6 Å². The van der Waals surface area contributed by atoms with E-state index in [1.807, 2.05) is 13.8 Å². The number of hydrogen-bond donors (Lipinski definition) is 2. The van der Waals surface area contributed by atoms with E-state index in [1.54, 1.807) is 19.2 Å². The summed E-state index contributed by atoms with van der Waals surface area (Å²) in [5.41, 5.74) is 7.07. The number of hydrogen-bond acceptors (Lipinski definition) is 4. The normalized spacial score (nSPS) is 12.2.